The third-order valence-electron chi connectivity index (χ3n) is 4.64. The van der Waals surface area contributed by atoms with Gasteiger partial charge in [-0.3, -0.25) is 0 Å². The third-order valence-corrected chi connectivity index (χ3v) is 4.94. The summed E-state index contributed by atoms with van der Waals surface area (Å²) >= 11 is 6.44. The van der Waals surface area contributed by atoms with Crippen LogP contribution in [0.1, 0.15) is 39.2 Å². The predicted octanol–water partition coefficient (Wildman–Crippen LogP) is 4.25. The number of piperidine rings is 1. The van der Waals surface area contributed by atoms with Crippen molar-refractivity contribution in [3.8, 4) is 0 Å². The van der Waals surface area contributed by atoms with Gasteiger partial charge in [-0.15, -0.1) is 0 Å². The fraction of sp³-hybridized carbons (Fsp3) is 0.647. The molecule has 1 aliphatic heterocycles. The molecular weight excluding hydrogens is 268 g/mol. The van der Waals surface area contributed by atoms with Gasteiger partial charge in [-0.2, -0.15) is 0 Å². The van der Waals surface area contributed by atoms with Crippen LogP contribution in [0.25, 0.3) is 0 Å². The molecule has 0 radical (unpaired) electrons. The number of hydrogen-bond donors (Lipinski definition) is 1. The standard InChI is InChI=1S/C17H27ClN2/c1-5-9-19-16-8-10-20(14(4)13(16)3)17-7-6-12(2)11-15(17)18/h6-7,11,13-14,16,19H,5,8-10H2,1-4H3. The molecule has 0 saturated carbocycles. The molecule has 1 fully saturated rings. The second kappa shape index (κ2) is 6.82. The van der Waals surface area contributed by atoms with E-state index in [2.05, 4.69) is 56.1 Å². The average molecular weight is 295 g/mol. The van der Waals surface area contributed by atoms with E-state index in [1.807, 2.05) is 0 Å². The van der Waals surface area contributed by atoms with Gasteiger partial charge in [-0.05, 0) is 56.8 Å². The van der Waals surface area contributed by atoms with Gasteiger partial charge >= 0.3 is 0 Å². The monoisotopic (exact) mass is 294 g/mol. The summed E-state index contributed by atoms with van der Waals surface area (Å²) in [4.78, 5) is 2.47. The molecule has 2 nitrogen and oxygen atoms in total. The third kappa shape index (κ3) is 3.29. The Morgan fingerprint density at radius 1 is 1.35 bits per heavy atom. The van der Waals surface area contributed by atoms with Crippen molar-refractivity contribution in [2.75, 3.05) is 18.0 Å². The first-order valence-electron chi connectivity index (χ1n) is 7.80. The Kier molecular flexibility index (Phi) is 5.34. The van der Waals surface area contributed by atoms with Crippen molar-refractivity contribution < 1.29 is 0 Å². The minimum atomic E-state index is 0.512. The first kappa shape index (κ1) is 15.7. The normalized spacial score (nSPS) is 26.9. The lowest BCUT2D eigenvalue weighted by atomic mass is 9.86. The molecule has 0 spiro atoms. The summed E-state index contributed by atoms with van der Waals surface area (Å²) in [5.74, 6) is 0.632. The topological polar surface area (TPSA) is 15.3 Å². The first-order valence-corrected chi connectivity index (χ1v) is 8.18. The van der Waals surface area contributed by atoms with Crippen LogP contribution in [0.3, 0.4) is 0 Å². The zero-order chi connectivity index (χ0) is 14.7. The summed E-state index contributed by atoms with van der Waals surface area (Å²) < 4.78 is 0. The first-order chi connectivity index (χ1) is 9.54. The maximum absolute atomic E-state index is 6.44. The SMILES string of the molecule is CCCNC1CCN(c2ccc(C)cc2Cl)C(C)C1C. The van der Waals surface area contributed by atoms with E-state index in [9.17, 15) is 0 Å². The van der Waals surface area contributed by atoms with E-state index in [0.717, 1.165) is 18.1 Å². The van der Waals surface area contributed by atoms with Crippen LogP contribution < -0.4 is 10.2 Å². The number of anilines is 1. The lowest BCUT2D eigenvalue weighted by Gasteiger charge is -2.44. The molecule has 1 saturated heterocycles. The van der Waals surface area contributed by atoms with Crippen LogP contribution in [0, 0.1) is 12.8 Å². The highest BCUT2D eigenvalue weighted by Crippen LogP contribution is 2.33. The summed E-state index contributed by atoms with van der Waals surface area (Å²) in [6.07, 6.45) is 2.39. The van der Waals surface area contributed by atoms with Gasteiger partial charge in [-0.25, -0.2) is 0 Å². The Hall–Kier alpha value is -0.730. The Balaban J connectivity index is 2.11. The number of nitrogens with zero attached hydrogens (tertiary/aromatic N) is 1. The van der Waals surface area contributed by atoms with Gasteiger partial charge in [0.1, 0.15) is 0 Å². The number of rotatable bonds is 4. The number of benzene rings is 1. The number of aryl methyl sites for hydroxylation is 1. The van der Waals surface area contributed by atoms with Crippen LogP contribution in [0.4, 0.5) is 5.69 Å². The van der Waals surface area contributed by atoms with Crippen molar-refractivity contribution in [3.63, 3.8) is 0 Å². The molecule has 0 amide bonds. The molecule has 0 aliphatic carbocycles. The zero-order valence-electron chi connectivity index (χ0n) is 13.1. The second-order valence-corrected chi connectivity index (χ2v) is 6.50. The Morgan fingerprint density at radius 3 is 2.75 bits per heavy atom. The molecule has 112 valence electrons. The van der Waals surface area contributed by atoms with E-state index >= 15 is 0 Å². The van der Waals surface area contributed by atoms with Crippen LogP contribution in [0.2, 0.25) is 5.02 Å². The lowest BCUT2D eigenvalue weighted by molar-refractivity contribution is 0.271. The molecule has 1 aliphatic rings. The molecule has 1 aromatic carbocycles. The quantitative estimate of drug-likeness (QED) is 0.893. The largest absolute Gasteiger partial charge is 0.367 e. The van der Waals surface area contributed by atoms with E-state index in [1.54, 1.807) is 0 Å². The van der Waals surface area contributed by atoms with Crippen LogP contribution in [0.5, 0.6) is 0 Å². The fourth-order valence-corrected chi connectivity index (χ4v) is 3.51. The van der Waals surface area contributed by atoms with E-state index in [4.69, 9.17) is 11.6 Å². The molecular formula is C17H27ClN2. The average Bonchev–Trinajstić information content (AvgIpc) is 2.41. The lowest BCUT2D eigenvalue weighted by Crippen LogP contribution is -2.53. The van der Waals surface area contributed by atoms with Gasteiger partial charge in [-0.1, -0.05) is 31.5 Å². The van der Waals surface area contributed by atoms with Crippen molar-refractivity contribution in [2.45, 2.75) is 52.6 Å². The smallest absolute Gasteiger partial charge is 0.0642 e. The molecule has 0 bridgehead atoms. The molecule has 3 unspecified atom stereocenters. The highest BCUT2D eigenvalue weighted by atomic mass is 35.5. The highest BCUT2D eigenvalue weighted by molar-refractivity contribution is 6.33. The highest BCUT2D eigenvalue weighted by Gasteiger charge is 2.32. The van der Waals surface area contributed by atoms with E-state index in [0.29, 0.717) is 18.0 Å². The van der Waals surface area contributed by atoms with Crippen molar-refractivity contribution in [1.29, 1.82) is 0 Å². The fourth-order valence-electron chi connectivity index (χ4n) is 3.17. The van der Waals surface area contributed by atoms with Crippen LogP contribution >= 0.6 is 11.6 Å². The molecule has 3 atom stereocenters. The number of nitrogens with one attached hydrogen (secondary N) is 1. The van der Waals surface area contributed by atoms with Gasteiger partial charge in [0.05, 0.1) is 10.7 Å². The second-order valence-electron chi connectivity index (χ2n) is 6.10. The number of hydrogen-bond acceptors (Lipinski definition) is 2. The van der Waals surface area contributed by atoms with Gasteiger partial charge in [0.25, 0.3) is 0 Å². The minimum absolute atomic E-state index is 0.512. The molecule has 1 N–H and O–H groups in total. The van der Waals surface area contributed by atoms with Gasteiger partial charge in [0, 0.05) is 18.6 Å². The van der Waals surface area contributed by atoms with Crippen LogP contribution in [0.15, 0.2) is 18.2 Å². The summed E-state index contributed by atoms with van der Waals surface area (Å²) in [7, 11) is 0. The Labute approximate surface area is 128 Å². The summed E-state index contributed by atoms with van der Waals surface area (Å²) in [5, 5.41) is 4.57. The maximum atomic E-state index is 6.44. The predicted molar refractivity (Wildman–Crippen MR) is 88.9 cm³/mol. The van der Waals surface area contributed by atoms with Crippen molar-refractivity contribution in [1.82, 2.24) is 5.32 Å². The zero-order valence-corrected chi connectivity index (χ0v) is 13.9. The van der Waals surface area contributed by atoms with Crippen LogP contribution in [-0.2, 0) is 0 Å². The molecule has 20 heavy (non-hydrogen) atoms. The number of halogens is 1. The molecule has 2 rings (SSSR count). The van der Waals surface area contributed by atoms with Crippen molar-refractivity contribution in [3.05, 3.63) is 28.8 Å². The van der Waals surface area contributed by atoms with E-state index in [1.165, 1.54) is 24.1 Å². The molecule has 1 aromatic rings. The minimum Gasteiger partial charge on any atom is -0.367 e. The molecule has 0 aromatic heterocycles. The van der Waals surface area contributed by atoms with Crippen molar-refractivity contribution in [2.24, 2.45) is 5.92 Å². The van der Waals surface area contributed by atoms with E-state index in [-0.39, 0.29) is 0 Å². The summed E-state index contributed by atoms with van der Waals surface area (Å²) in [6, 6.07) is 7.53. The molecule has 3 heteroatoms. The maximum Gasteiger partial charge on any atom is 0.0642 e. The summed E-state index contributed by atoms with van der Waals surface area (Å²) in [6.45, 7) is 11.2. The van der Waals surface area contributed by atoms with Gasteiger partial charge < -0.3 is 10.2 Å². The summed E-state index contributed by atoms with van der Waals surface area (Å²) in [5.41, 5.74) is 2.41. The Bertz CT molecular complexity index is 447. The van der Waals surface area contributed by atoms with Crippen molar-refractivity contribution >= 4 is 17.3 Å². The van der Waals surface area contributed by atoms with Gasteiger partial charge in [0.2, 0.25) is 0 Å². The van der Waals surface area contributed by atoms with Gasteiger partial charge in [0.15, 0.2) is 0 Å². The van der Waals surface area contributed by atoms with Crippen LogP contribution in [-0.4, -0.2) is 25.2 Å². The van der Waals surface area contributed by atoms with E-state index < -0.39 is 0 Å². The molecule has 1 heterocycles. The Morgan fingerprint density at radius 2 is 2.10 bits per heavy atom.